The number of allylic oxidation sites excluding steroid dienone is 1. The zero-order valence-electron chi connectivity index (χ0n) is 9.85. The van der Waals surface area contributed by atoms with Gasteiger partial charge in [0.2, 0.25) is 0 Å². The molecule has 0 fully saturated rings. The molecule has 0 spiro atoms. The second-order valence-electron chi connectivity index (χ2n) is 4.36. The normalized spacial score (nSPS) is 16.3. The Kier molecular flexibility index (Phi) is 2.56. The van der Waals surface area contributed by atoms with Crippen molar-refractivity contribution in [2.45, 2.75) is 6.42 Å². The first kappa shape index (κ1) is 11.2. The Bertz CT molecular complexity index is 670. The Morgan fingerprint density at radius 2 is 2.22 bits per heavy atom. The molecule has 2 aromatic rings. The maximum Gasteiger partial charge on any atom is 0.189 e. The summed E-state index contributed by atoms with van der Waals surface area (Å²) in [6.07, 6.45) is 4.25. The zero-order valence-corrected chi connectivity index (χ0v) is 10.6. The van der Waals surface area contributed by atoms with Crippen LogP contribution in [0.4, 0.5) is 0 Å². The van der Waals surface area contributed by atoms with Crippen LogP contribution in [0.1, 0.15) is 21.6 Å². The minimum Gasteiger partial charge on any atom is -0.289 e. The highest BCUT2D eigenvalue weighted by atomic mass is 35.5. The fraction of sp³-hybridized carbons (Fsp3) is 0.143. The summed E-state index contributed by atoms with van der Waals surface area (Å²) >= 11 is 5.94. The largest absolute Gasteiger partial charge is 0.289 e. The van der Waals surface area contributed by atoms with Crippen LogP contribution >= 0.6 is 11.6 Å². The number of nitrogens with zero attached hydrogens (tertiary/aromatic N) is 2. The van der Waals surface area contributed by atoms with Gasteiger partial charge < -0.3 is 0 Å². The molecular weight excluding hydrogens is 248 g/mol. The molecule has 0 saturated heterocycles. The molecule has 1 aromatic heterocycles. The number of halogens is 1. The van der Waals surface area contributed by atoms with Crippen LogP contribution in [0.15, 0.2) is 36.0 Å². The van der Waals surface area contributed by atoms with Crippen molar-refractivity contribution in [2.24, 2.45) is 7.05 Å². The second kappa shape index (κ2) is 4.10. The number of hydrogen-bond acceptors (Lipinski definition) is 2. The summed E-state index contributed by atoms with van der Waals surface area (Å²) in [6.45, 7) is 0. The minimum atomic E-state index is 0.0860. The third-order valence-corrected chi connectivity index (χ3v) is 3.40. The number of aromatic nitrogens is 2. The number of rotatable bonds is 1. The Morgan fingerprint density at radius 3 is 2.94 bits per heavy atom. The van der Waals surface area contributed by atoms with Gasteiger partial charge in [0.15, 0.2) is 5.78 Å². The van der Waals surface area contributed by atoms with Crippen molar-refractivity contribution in [3.63, 3.8) is 0 Å². The molecule has 0 N–H and O–H groups in total. The Labute approximate surface area is 110 Å². The van der Waals surface area contributed by atoms with Gasteiger partial charge in [-0.2, -0.15) is 5.10 Å². The highest BCUT2D eigenvalue weighted by Gasteiger charge is 2.24. The molecule has 4 heteroatoms. The van der Waals surface area contributed by atoms with Crippen molar-refractivity contribution in [1.82, 2.24) is 9.78 Å². The van der Waals surface area contributed by atoms with Crippen molar-refractivity contribution in [3.05, 3.63) is 57.9 Å². The standard InChI is InChI=1S/C14H11ClN2O/c1-17-12(4-5-16-17)8-10-6-9-7-11(15)2-3-13(9)14(10)18/h2-5,7-8H,6H2,1H3. The first-order valence-corrected chi connectivity index (χ1v) is 6.04. The van der Waals surface area contributed by atoms with Crippen molar-refractivity contribution in [3.8, 4) is 0 Å². The molecule has 3 rings (SSSR count). The Balaban J connectivity index is 2.02. The summed E-state index contributed by atoms with van der Waals surface area (Å²) in [5, 5.41) is 4.76. The molecule has 0 saturated carbocycles. The van der Waals surface area contributed by atoms with E-state index < -0.39 is 0 Å². The average molecular weight is 259 g/mol. The van der Waals surface area contributed by atoms with Gasteiger partial charge in [-0.25, -0.2) is 0 Å². The van der Waals surface area contributed by atoms with E-state index in [1.807, 2.05) is 25.3 Å². The van der Waals surface area contributed by atoms with Gasteiger partial charge in [0.25, 0.3) is 0 Å². The fourth-order valence-corrected chi connectivity index (χ4v) is 2.40. The predicted octanol–water partition coefficient (Wildman–Crippen LogP) is 2.90. The summed E-state index contributed by atoms with van der Waals surface area (Å²) < 4.78 is 1.75. The van der Waals surface area contributed by atoms with E-state index >= 15 is 0 Å². The highest BCUT2D eigenvalue weighted by Crippen LogP contribution is 2.29. The van der Waals surface area contributed by atoms with Crippen LogP contribution in [0.3, 0.4) is 0 Å². The van der Waals surface area contributed by atoms with Crippen LogP contribution in [-0.2, 0) is 13.5 Å². The van der Waals surface area contributed by atoms with Crippen LogP contribution < -0.4 is 0 Å². The molecule has 0 atom stereocenters. The SMILES string of the molecule is Cn1nccc1C=C1Cc2cc(Cl)ccc2C1=O. The lowest BCUT2D eigenvalue weighted by Crippen LogP contribution is -1.98. The number of carbonyl (C=O) groups excluding carboxylic acids is 1. The summed E-state index contributed by atoms with van der Waals surface area (Å²) in [7, 11) is 1.86. The number of hydrogen-bond donors (Lipinski definition) is 0. The molecule has 0 unspecified atom stereocenters. The first-order chi connectivity index (χ1) is 8.65. The lowest BCUT2D eigenvalue weighted by molar-refractivity contribution is 0.104. The molecule has 1 aromatic carbocycles. The van der Waals surface area contributed by atoms with E-state index in [1.165, 1.54) is 0 Å². The van der Waals surface area contributed by atoms with Crippen LogP contribution in [0.5, 0.6) is 0 Å². The third-order valence-electron chi connectivity index (χ3n) is 3.17. The van der Waals surface area contributed by atoms with Gasteiger partial charge >= 0.3 is 0 Å². The first-order valence-electron chi connectivity index (χ1n) is 5.67. The van der Waals surface area contributed by atoms with Gasteiger partial charge in [-0.1, -0.05) is 11.6 Å². The van der Waals surface area contributed by atoms with Crippen molar-refractivity contribution >= 4 is 23.5 Å². The number of aryl methyl sites for hydroxylation is 1. The van der Waals surface area contributed by atoms with Crippen LogP contribution in [0, 0.1) is 0 Å². The highest BCUT2D eigenvalue weighted by molar-refractivity contribution is 6.31. The maximum absolute atomic E-state index is 12.2. The van der Waals surface area contributed by atoms with E-state index in [9.17, 15) is 4.79 Å². The number of Topliss-reactive ketones (excluding diaryl/α,β-unsaturated/α-hetero) is 1. The molecule has 0 bridgehead atoms. The molecule has 18 heavy (non-hydrogen) atoms. The maximum atomic E-state index is 12.2. The number of carbonyl (C=O) groups is 1. The lowest BCUT2D eigenvalue weighted by Gasteiger charge is -1.97. The topological polar surface area (TPSA) is 34.9 Å². The molecule has 1 aliphatic rings. The summed E-state index contributed by atoms with van der Waals surface area (Å²) in [5.41, 5.74) is 3.47. The lowest BCUT2D eigenvalue weighted by atomic mass is 10.1. The van der Waals surface area contributed by atoms with Gasteiger partial charge in [-0.3, -0.25) is 9.48 Å². The minimum absolute atomic E-state index is 0.0860. The summed E-state index contributed by atoms with van der Waals surface area (Å²) in [6, 6.07) is 7.30. The molecule has 90 valence electrons. The van der Waals surface area contributed by atoms with Crippen molar-refractivity contribution in [2.75, 3.05) is 0 Å². The fourth-order valence-electron chi connectivity index (χ4n) is 2.21. The molecular formula is C14H11ClN2O. The monoisotopic (exact) mass is 258 g/mol. The van der Waals surface area contributed by atoms with E-state index in [1.54, 1.807) is 23.0 Å². The molecule has 1 heterocycles. The number of fused-ring (bicyclic) bond motifs is 1. The predicted molar refractivity (Wildman–Crippen MR) is 70.7 cm³/mol. The van der Waals surface area contributed by atoms with E-state index in [-0.39, 0.29) is 5.78 Å². The molecule has 1 aliphatic carbocycles. The smallest absolute Gasteiger partial charge is 0.189 e. The van der Waals surface area contributed by atoms with Crippen LogP contribution in [0.25, 0.3) is 6.08 Å². The molecule has 0 radical (unpaired) electrons. The number of benzene rings is 1. The van der Waals surface area contributed by atoms with Crippen LogP contribution in [-0.4, -0.2) is 15.6 Å². The van der Waals surface area contributed by atoms with Gasteiger partial charge in [-0.05, 0) is 35.9 Å². The summed E-state index contributed by atoms with van der Waals surface area (Å²) in [4.78, 5) is 12.2. The Hall–Kier alpha value is -1.87. The number of ketones is 1. The van der Waals surface area contributed by atoms with E-state index in [4.69, 9.17) is 11.6 Å². The summed E-state index contributed by atoms with van der Waals surface area (Å²) in [5.74, 6) is 0.0860. The van der Waals surface area contributed by atoms with Crippen molar-refractivity contribution in [1.29, 1.82) is 0 Å². The van der Waals surface area contributed by atoms with Gasteiger partial charge in [0, 0.05) is 35.8 Å². The van der Waals surface area contributed by atoms with Gasteiger partial charge in [0.05, 0.1) is 5.69 Å². The van der Waals surface area contributed by atoms with Gasteiger partial charge in [-0.15, -0.1) is 0 Å². The quantitative estimate of drug-likeness (QED) is 0.737. The molecule has 0 aliphatic heterocycles. The van der Waals surface area contributed by atoms with E-state index in [0.29, 0.717) is 11.4 Å². The van der Waals surface area contributed by atoms with Crippen molar-refractivity contribution < 1.29 is 4.79 Å². The zero-order chi connectivity index (χ0) is 12.7. The van der Waals surface area contributed by atoms with Crippen LogP contribution in [0.2, 0.25) is 5.02 Å². The van der Waals surface area contributed by atoms with E-state index in [0.717, 1.165) is 22.4 Å². The third kappa shape index (κ3) is 1.77. The van der Waals surface area contributed by atoms with E-state index in [2.05, 4.69) is 5.10 Å². The second-order valence-corrected chi connectivity index (χ2v) is 4.79. The Morgan fingerprint density at radius 1 is 1.39 bits per heavy atom. The molecule has 3 nitrogen and oxygen atoms in total. The van der Waals surface area contributed by atoms with Gasteiger partial charge in [0.1, 0.15) is 0 Å². The molecule has 0 amide bonds. The average Bonchev–Trinajstić information content (AvgIpc) is 2.86.